The largest absolute Gasteiger partial charge is 0.491 e. The predicted molar refractivity (Wildman–Crippen MR) is 123 cm³/mol. The molecule has 2 aromatic carbocycles. The number of ether oxygens (including phenoxy) is 1. The molecule has 0 unspecified atom stereocenters. The lowest BCUT2D eigenvalue weighted by Gasteiger charge is -2.32. The van der Waals surface area contributed by atoms with Gasteiger partial charge in [0, 0.05) is 36.2 Å². The average Bonchev–Trinajstić information content (AvgIpc) is 3.55. The number of rotatable bonds is 3. The second-order valence-electron chi connectivity index (χ2n) is 9.41. The number of hydrogen-bond acceptors (Lipinski definition) is 4. The first kappa shape index (κ1) is 23.0. The topological polar surface area (TPSA) is 79.0 Å². The van der Waals surface area contributed by atoms with E-state index < -0.39 is 39.3 Å². The highest BCUT2D eigenvalue weighted by Crippen LogP contribution is 2.55. The number of halogens is 2. The second-order valence-corrected chi connectivity index (χ2v) is 11.1. The minimum absolute atomic E-state index is 0.101. The molecule has 1 N–H and O–H groups in total. The molecule has 0 radical (unpaired) electrons. The molecule has 1 aliphatic carbocycles. The third-order valence-corrected chi connectivity index (χ3v) is 8.11. The van der Waals surface area contributed by atoms with Crippen molar-refractivity contribution in [2.75, 3.05) is 32.8 Å². The lowest BCUT2D eigenvalue weighted by Crippen LogP contribution is -2.52. The van der Waals surface area contributed by atoms with E-state index in [0.717, 1.165) is 12.8 Å². The zero-order valence-corrected chi connectivity index (χ0v) is 19.7. The maximum absolute atomic E-state index is 15.8. The summed E-state index contributed by atoms with van der Waals surface area (Å²) >= 11 is 0. The molecular formula is C24H27F2N3O4S. The van der Waals surface area contributed by atoms with Crippen LogP contribution in [0.4, 0.5) is 13.6 Å². The summed E-state index contributed by atoms with van der Waals surface area (Å²) in [5.41, 5.74) is 0.877. The first-order chi connectivity index (χ1) is 16.2. The number of para-hydroxylation sites is 1. The van der Waals surface area contributed by atoms with Crippen LogP contribution in [0.2, 0.25) is 0 Å². The van der Waals surface area contributed by atoms with Crippen LogP contribution in [0.1, 0.15) is 18.4 Å². The van der Waals surface area contributed by atoms with Gasteiger partial charge in [-0.25, -0.2) is 26.7 Å². The predicted octanol–water partition coefficient (Wildman–Crippen LogP) is 3.16. The Kier molecular flexibility index (Phi) is 5.76. The van der Waals surface area contributed by atoms with Gasteiger partial charge in [-0.2, -0.15) is 0 Å². The van der Waals surface area contributed by atoms with Gasteiger partial charge in [-0.15, -0.1) is 0 Å². The van der Waals surface area contributed by atoms with Crippen LogP contribution in [-0.2, 0) is 16.4 Å². The first-order valence-corrected chi connectivity index (χ1v) is 13.0. The van der Waals surface area contributed by atoms with Crippen molar-refractivity contribution in [3.63, 3.8) is 0 Å². The molecule has 2 aromatic rings. The van der Waals surface area contributed by atoms with Crippen LogP contribution >= 0.6 is 0 Å². The Labute approximate surface area is 197 Å². The third-order valence-electron chi connectivity index (χ3n) is 7.21. The van der Waals surface area contributed by atoms with Gasteiger partial charge in [0.2, 0.25) is 16.0 Å². The normalized spacial score (nSPS) is 23.9. The summed E-state index contributed by atoms with van der Waals surface area (Å²) in [4.78, 5) is 16.6. The molecule has 182 valence electrons. The summed E-state index contributed by atoms with van der Waals surface area (Å²) in [6.45, 7) is 0.842. The third kappa shape index (κ3) is 4.02. The maximum atomic E-state index is 15.8. The summed E-state index contributed by atoms with van der Waals surface area (Å²) in [5.74, 6) is 0.0760. The van der Waals surface area contributed by atoms with Crippen molar-refractivity contribution in [2.45, 2.75) is 31.3 Å². The Bertz CT molecular complexity index is 1220. The standard InChI is InChI=1S/C24H27F2N3O4S/c1-28-11-12-33-20-8-3-2-6-17(20)18-7-4-5-16(21(18)26)13-19-22(27-34(31,32)15-25)24(9-10-24)14-29(19)23(28)30/h2-8,19,22,27H,9-15H2,1H3/t19-,22+/m0/s1. The molecule has 2 heterocycles. The van der Waals surface area contributed by atoms with Crippen molar-refractivity contribution >= 4 is 16.1 Å². The van der Waals surface area contributed by atoms with Gasteiger partial charge in [0.05, 0.1) is 12.6 Å². The van der Waals surface area contributed by atoms with Crippen LogP contribution in [0.3, 0.4) is 0 Å². The highest BCUT2D eigenvalue weighted by atomic mass is 32.2. The summed E-state index contributed by atoms with van der Waals surface area (Å²) < 4.78 is 61.9. The van der Waals surface area contributed by atoms with E-state index in [4.69, 9.17) is 4.74 Å². The summed E-state index contributed by atoms with van der Waals surface area (Å²) in [6, 6.07) is 9.05. The van der Waals surface area contributed by atoms with E-state index in [-0.39, 0.29) is 19.1 Å². The SMILES string of the molecule is CN1CCOc2ccccc2-c2cccc(c2F)C[C@H]2[C@@H](NS(=O)(=O)CF)C3(CC3)CN2C1=O. The van der Waals surface area contributed by atoms with Gasteiger partial charge in [0.15, 0.2) is 0 Å². The van der Waals surface area contributed by atoms with Crippen molar-refractivity contribution in [3.05, 3.63) is 53.8 Å². The monoisotopic (exact) mass is 491 g/mol. The number of benzene rings is 2. The quantitative estimate of drug-likeness (QED) is 0.716. The van der Waals surface area contributed by atoms with Gasteiger partial charge in [-0.1, -0.05) is 36.4 Å². The Morgan fingerprint density at radius 2 is 1.88 bits per heavy atom. The van der Waals surface area contributed by atoms with Gasteiger partial charge in [0.25, 0.3) is 0 Å². The van der Waals surface area contributed by atoms with Gasteiger partial charge < -0.3 is 14.5 Å². The minimum atomic E-state index is -4.17. The highest BCUT2D eigenvalue weighted by Gasteiger charge is 2.61. The van der Waals surface area contributed by atoms with E-state index in [1.165, 1.54) is 4.90 Å². The Hall–Kier alpha value is -2.72. The van der Waals surface area contributed by atoms with E-state index in [1.54, 1.807) is 54.4 Å². The molecule has 7 nitrogen and oxygen atoms in total. The molecule has 2 fully saturated rings. The number of alkyl halides is 1. The molecule has 1 spiro atoms. The summed E-state index contributed by atoms with van der Waals surface area (Å²) in [7, 11) is -2.51. The van der Waals surface area contributed by atoms with Crippen molar-refractivity contribution in [1.29, 1.82) is 0 Å². The van der Waals surface area contributed by atoms with Gasteiger partial charge in [0.1, 0.15) is 18.2 Å². The molecule has 5 rings (SSSR count). The molecule has 3 aliphatic rings. The molecule has 2 bridgehead atoms. The average molecular weight is 492 g/mol. The number of carbonyl (C=O) groups excluding carboxylic acids is 1. The number of likely N-dealkylation sites (N-methyl/N-ethyl adjacent to an activating group) is 1. The van der Waals surface area contributed by atoms with Crippen molar-refractivity contribution in [3.8, 4) is 16.9 Å². The van der Waals surface area contributed by atoms with Crippen molar-refractivity contribution in [2.24, 2.45) is 5.41 Å². The smallest absolute Gasteiger partial charge is 0.320 e. The van der Waals surface area contributed by atoms with Gasteiger partial charge >= 0.3 is 6.03 Å². The Morgan fingerprint density at radius 3 is 2.62 bits per heavy atom. The van der Waals surface area contributed by atoms with Crippen LogP contribution in [-0.4, -0.2) is 69.1 Å². The van der Waals surface area contributed by atoms with E-state index in [1.807, 2.05) is 0 Å². The Balaban J connectivity index is 1.61. The molecule has 1 saturated heterocycles. The Morgan fingerprint density at radius 1 is 1.15 bits per heavy atom. The van der Waals surface area contributed by atoms with Crippen LogP contribution in [0.5, 0.6) is 5.75 Å². The molecule has 2 aliphatic heterocycles. The lowest BCUT2D eigenvalue weighted by atomic mass is 9.91. The van der Waals surface area contributed by atoms with E-state index >= 15 is 4.39 Å². The van der Waals surface area contributed by atoms with Crippen molar-refractivity contribution < 1.29 is 26.7 Å². The molecule has 1 saturated carbocycles. The summed E-state index contributed by atoms with van der Waals surface area (Å²) in [5, 5.41) is 0. The zero-order valence-electron chi connectivity index (χ0n) is 18.8. The number of nitrogens with zero attached hydrogens (tertiary/aromatic N) is 2. The highest BCUT2D eigenvalue weighted by molar-refractivity contribution is 7.89. The second kappa shape index (κ2) is 8.49. The molecular weight excluding hydrogens is 464 g/mol. The van der Waals surface area contributed by atoms with Crippen LogP contribution in [0.15, 0.2) is 42.5 Å². The van der Waals surface area contributed by atoms with E-state index in [2.05, 4.69) is 4.72 Å². The lowest BCUT2D eigenvalue weighted by molar-refractivity contribution is 0.146. The number of nitrogens with one attached hydrogen (secondary N) is 1. The number of fused-ring (bicyclic) bond motifs is 5. The number of hydrogen-bond donors (Lipinski definition) is 1. The fourth-order valence-corrected chi connectivity index (χ4v) is 6.09. The van der Waals surface area contributed by atoms with E-state index in [9.17, 15) is 17.6 Å². The van der Waals surface area contributed by atoms with Crippen LogP contribution in [0.25, 0.3) is 11.1 Å². The molecule has 2 amide bonds. The number of urea groups is 1. The fourth-order valence-electron chi connectivity index (χ4n) is 5.23. The number of carbonyl (C=O) groups is 1. The molecule has 0 aromatic heterocycles. The van der Waals surface area contributed by atoms with Crippen LogP contribution in [0, 0.1) is 11.2 Å². The zero-order chi connectivity index (χ0) is 24.1. The van der Waals surface area contributed by atoms with E-state index in [0.29, 0.717) is 35.5 Å². The maximum Gasteiger partial charge on any atom is 0.320 e. The molecule has 10 heteroatoms. The van der Waals surface area contributed by atoms with Gasteiger partial charge in [-0.05, 0) is 30.9 Å². The van der Waals surface area contributed by atoms with Crippen molar-refractivity contribution in [1.82, 2.24) is 14.5 Å². The van der Waals surface area contributed by atoms with Gasteiger partial charge in [-0.3, -0.25) is 0 Å². The number of sulfonamides is 1. The first-order valence-electron chi connectivity index (χ1n) is 11.3. The minimum Gasteiger partial charge on any atom is -0.491 e. The fraction of sp³-hybridized carbons (Fsp3) is 0.458. The molecule has 34 heavy (non-hydrogen) atoms. The summed E-state index contributed by atoms with van der Waals surface area (Å²) in [6.07, 6.45) is 1.54. The molecule has 2 atom stereocenters. The van der Waals surface area contributed by atoms with Crippen LogP contribution < -0.4 is 9.46 Å². The number of amides is 2.